The Hall–Kier alpha value is -2.62. The van der Waals surface area contributed by atoms with Crippen LogP contribution in [0.25, 0.3) is 0 Å². The Morgan fingerprint density at radius 1 is 0.941 bits per heavy atom. The highest BCUT2D eigenvalue weighted by Gasteiger charge is 2.25. The Morgan fingerprint density at radius 3 is 2.29 bits per heavy atom. The van der Waals surface area contributed by atoms with Crippen molar-refractivity contribution in [3.63, 3.8) is 0 Å². The quantitative estimate of drug-likeness (QED) is 0.653. The number of nitrogens with zero attached hydrogens (tertiary/aromatic N) is 3. The number of piperazine rings is 2. The van der Waals surface area contributed by atoms with Gasteiger partial charge in [-0.25, -0.2) is 8.42 Å². The summed E-state index contributed by atoms with van der Waals surface area (Å²) in [6.07, 6.45) is 0. The molecule has 184 valence electrons. The summed E-state index contributed by atoms with van der Waals surface area (Å²) in [5.41, 5.74) is 3.69. The number of hydrogen-bond donors (Lipinski definition) is 2. The van der Waals surface area contributed by atoms with Crippen molar-refractivity contribution in [1.82, 2.24) is 15.1 Å². The minimum atomic E-state index is -3.82. The summed E-state index contributed by atoms with van der Waals surface area (Å²) in [4.78, 5) is 19.8. The van der Waals surface area contributed by atoms with Crippen molar-refractivity contribution >= 4 is 27.3 Å². The first-order chi connectivity index (χ1) is 16.3. The molecule has 2 N–H and O–H groups in total. The summed E-state index contributed by atoms with van der Waals surface area (Å²) < 4.78 is 29.4. The Labute approximate surface area is 203 Å². The third-order valence-electron chi connectivity index (χ3n) is 6.84. The molecule has 2 aliphatic rings. The number of sulfonamides is 1. The largest absolute Gasteiger partial charge is 0.367 e. The normalized spacial score (nSPS) is 17.6. The summed E-state index contributed by atoms with van der Waals surface area (Å²) in [6.45, 7) is 13.2. The molecule has 0 bridgehead atoms. The second-order valence-corrected chi connectivity index (χ2v) is 10.7. The van der Waals surface area contributed by atoms with Crippen LogP contribution in [0.3, 0.4) is 0 Å². The minimum absolute atomic E-state index is 0.0609. The molecule has 0 radical (unpaired) electrons. The van der Waals surface area contributed by atoms with Crippen LogP contribution in [0, 0.1) is 13.8 Å². The number of benzene rings is 2. The maximum absolute atomic E-state index is 13.3. The van der Waals surface area contributed by atoms with E-state index in [4.69, 9.17) is 0 Å². The fourth-order valence-corrected chi connectivity index (χ4v) is 5.62. The molecule has 2 aliphatic heterocycles. The minimum Gasteiger partial charge on any atom is -0.367 e. The van der Waals surface area contributed by atoms with Gasteiger partial charge in [-0.05, 0) is 61.9 Å². The van der Waals surface area contributed by atoms with E-state index >= 15 is 0 Å². The monoisotopic (exact) mass is 485 g/mol. The lowest BCUT2D eigenvalue weighted by atomic mass is 10.1. The van der Waals surface area contributed by atoms with E-state index < -0.39 is 10.0 Å². The van der Waals surface area contributed by atoms with Gasteiger partial charge < -0.3 is 20.0 Å². The second kappa shape index (κ2) is 10.3. The van der Waals surface area contributed by atoms with Gasteiger partial charge in [0.25, 0.3) is 15.9 Å². The van der Waals surface area contributed by atoms with Crippen molar-refractivity contribution in [2.75, 3.05) is 68.5 Å². The number of hydrogen-bond acceptors (Lipinski definition) is 6. The number of carbonyl (C=O) groups excluding carboxylic acids is 1. The third kappa shape index (κ3) is 5.37. The molecule has 0 atom stereocenters. The predicted octanol–water partition coefficient (Wildman–Crippen LogP) is 2.29. The summed E-state index contributed by atoms with van der Waals surface area (Å²) in [5, 5.41) is 3.33. The Balaban J connectivity index is 1.65. The standard InChI is InChI=1S/C25H35N5O3S/c1-4-28-13-15-30(16-14-28)25(31)21-6-8-24(29-11-9-26-10-12-29)23(18-21)27-34(32,33)22-7-5-19(2)20(3)17-22/h5-8,17-18,26-27H,4,9-16H2,1-3H3. The molecule has 2 heterocycles. The van der Waals surface area contributed by atoms with Crippen LogP contribution in [0.2, 0.25) is 0 Å². The maximum Gasteiger partial charge on any atom is 0.261 e. The van der Waals surface area contributed by atoms with Crippen LogP contribution >= 0.6 is 0 Å². The van der Waals surface area contributed by atoms with Gasteiger partial charge in [-0.15, -0.1) is 0 Å². The first-order valence-electron chi connectivity index (χ1n) is 12.0. The van der Waals surface area contributed by atoms with Crippen LogP contribution in [0.15, 0.2) is 41.3 Å². The van der Waals surface area contributed by atoms with Gasteiger partial charge in [-0.2, -0.15) is 0 Å². The molecule has 0 saturated carbocycles. The van der Waals surface area contributed by atoms with E-state index in [0.717, 1.165) is 62.6 Å². The molecule has 2 saturated heterocycles. The lowest BCUT2D eigenvalue weighted by Gasteiger charge is -2.34. The van der Waals surface area contributed by atoms with E-state index in [9.17, 15) is 13.2 Å². The molecule has 0 aromatic heterocycles. The fraction of sp³-hybridized carbons (Fsp3) is 0.480. The summed E-state index contributed by atoms with van der Waals surface area (Å²) in [6, 6.07) is 10.5. The highest BCUT2D eigenvalue weighted by atomic mass is 32.2. The van der Waals surface area contributed by atoms with Gasteiger partial charge in [0.05, 0.1) is 16.3 Å². The number of anilines is 2. The second-order valence-electron chi connectivity index (χ2n) is 9.05. The molecule has 34 heavy (non-hydrogen) atoms. The predicted molar refractivity (Wildman–Crippen MR) is 136 cm³/mol. The van der Waals surface area contributed by atoms with Crippen molar-refractivity contribution in [1.29, 1.82) is 0 Å². The average Bonchev–Trinajstić information content (AvgIpc) is 2.85. The maximum atomic E-state index is 13.3. The number of nitrogens with one attached hydrogen (secondary N) is 2. The van der Waals surface area contributed by atoms with Crippen molar-refractivity contribution in [3.8, 4) is 0 Å². The van der Waals surface area contributed by atoms with E-state index in [0.29, 0.717) is 24.3 Å². The third-order valence-corrected chi connectivity index (χ3v) is 8.20. The van der Waals surface area contributed by atoms with Crippen molar-refractivity contribution in [3.05, 3.63) is 53.1 Å². The SMILES string of the molecule is CCN1CCN(C(=O)c2ccc(N3CCNCC3)c(NS(=O)(=O)c3ccc(C)c(C)c3)c2)CC1. The highest BCUT2D eigenvalue weighted by molar-refractivity contribution is 7.92. The van der Waals surface area contributed by atoms with Gasteiger partial charge in [0.2, 0.25) is 0 Å². The van der Waals surface area contributed by atoms with Gasteiger partial charge in [0.15, 0.2) is 0 Å². The molecule has 0 aliphatic carbocycles. The summed E-state index contributed by atoms with van der Waals surface area (Å²) >= 11 is 0. The number of carbonyl (C=O) groups is 1. The average molecular weight is 486 g/mol. The van der Waals surface area contributed by atoms with Crippen molar-refractivity contribution in [2.24, 2.45) is 0 Å². The van der Waals surface area contributed by atoms with Crippen LogP contribution < -0.4 is 14.9 Å². The Bertz CT molecular complexity index is 1140. The summed E-state index contributed by atoms with van der Waals surface area (Å²) in [7, 11) is -3.82. The van der Waals surface area contributed by atoms with Gasteiger partial charge in [0.1, 0.15) is 0 Å². The zero-order valence-electron chi connectivity index (χ0n) is 20.3. The number of amides is 1. The molecular formula is C25H35N5O3S. The number of likely N-dealkylation sites (N-methyl/N-ethyl adjacent to an activating group) is 1. The molecule has 8 nitrogen and oxygen atoms in total. The van der Waals surface area contributed by atoms with E-state index in [1.165, 1.54) is 0 Å². The van der Waals surface area contributed by atoms with Crippen LogP contribution in [0.1, 0.15) is 28.4 Å². The molecule has 2 aromatic rings. The zero-order chi connectivity index (χ0) is 24.3. The van der Waals surface area contributed by atoms with Gasteiger partial charge in [-0.1, -0.05) is 13.0 Å². The van der Waals surface area contributed by atoms with Crippen LogP contribution in [-0.2, 0) is 10.0 Å². The topological polar surface area (TPSA) is 85.0 Å². The number of rotatable bonds is 6. The molecule has 0 spiro atoms. The Kier molecular flexibility index (Phi) is 7.45. The zero-order valence-corrected chi connectivity index (χ0v) is 21.1. The van der Waals surface area contributed by atoms with E-state index in [1.54, 1.807) is 18.2 Å². The summed E-state index contributed by atoms with van der Waals surface area (Å²) in [5.74, 6) is -0.0609. The number of aryl methyl sites for hydroxylation is 2. The first-order valence-corrected chi connectivity index (χ1v) is 13.5. The van der Waals surface area contributed by atoms with Crippen LogP contribution in [-0.4, -0.2) is 83.0 Å². The smallest absolute Gasteiger partial charge is 0.261 e. The molecule has 2 fully saturated rings. The van der Waals surface area contributed by atoms with E-state index in [-0.39, 0.29) is 10.8 Å². The lowest BCUT2D eigenvalue weighted by Crippen LogP contribution is -2.48. The molecule has 0 unspecified atom stereocenters. The van der Waals surface area contributed by atoms with Crippen molar-refractivity contribution in [2.45, 2.75) is 25.7 Å². The van der Waals surface area contributed by atoms with Gasteiger partial charge in [-0.3, -0.25) is 9.52 Å². The van der Waals surface area contributed by atoms with E-state index in [1.807, 2.05) is 36.9 Å². The fourth-order valence-electron chi connectivity index (χ4n) is 4.47. The first kappa shape index (κ1) is 24.5. The van der Waals surface area contributed by atoms with Gasteiger partial charge >= 0.3 is 0 Å². The molecule has 1 amide bonds. The van der Waals surface area contributed by atoms with Crippen LogP contribution in [0.5, 0.6) is 0 Å². The van der Waals surface area contributed by atoms with Crippen molar-refractivity contribution < 1.29 is 13.2 Å². The highest BCUT2D eigenvalue weighted by Crippen LogP contribution is 2.31. The van der Waals surface area contributed by atoms with E-state index in [2.05, 4.69) is 26.8 Å². The molecule has 2 aromatic carbocycles. The lowest BCUT2D eigenvalue weighted by molar-refractivity contribution is 0.0643. The van der Waals surface area contributed by atoms with Gasteiger partial charge in [0, 0.05) is 57.9 Å². The van der Waals surface area contributed by atoms with Crippen LogP contribution in [0.4, 0.5) is 11.4 Å². The Morgan fingerprint density at radius 2 is 1.65 bits per heavy atom. The molecule has 4 rings (SSSR count). The molecule has 9 heteroatoms. The molecular weight excluding hydrogens is 450 g/mol.